The number of aliphatic hydroxyl groups is 1. The molecule has 2 amide bonds. The molecule has 194 valence electrons. The highest BCUT2D eigenvalue weighted by Gasteiger charge is 2.75. The molecule has 3 heterocycles. The molecule has 37 heavy (non-hydrogen) atoms. The Labute approximate surface area is 216 Å². The lowest BCUT2D eigenvalue weighted by atomic mass is 9.70. The van der Waals surface area contributed by atoms with Gasteiger partial charge in [-0.05, 0) is 42.7 Å². The fraction of sp³-hybridized carbons (Fsp3) is 0.414. The predicted molar refractivity (Wildman–Crippen MR) is 139 cm³/mol. The molecule has 2 aromatic carbocycles. The second kappa shape index (κ2) is 9.76. The van der Waals surface area contributed by atoms with Crippen molar-refractivity contribution in [2.45, 2.75) is 43.6 Å². The summed E-state index contributed by atoms with van der Waals surface area (Å²) in [6, 6.07) is 12.0. The van der Waals surface area contributed by atoms with Crippen molar-refractivity contribution in [1.29, 1.82) is 0 Å². The number of carbonyl (C=O) groups is 3. The van der Waals surface area contributed by atoms with Crippen LogP contribution in [0.25, 0.3) is 10.8 Å². The highest BCUT2D eigenvalue weighted by atomic mass is 16.6. The molecule has 0 saturated carbocycles. The van der Waals surface area contributed by atoms with Crippen LogP contribution in [-0.2, 0) is 23.9 Å². The summed E-state index contributed by atoms with van der Waals surface area (Å²) in [6.07, 6.45) is 3.62. The van der Waals surface area contributed by atoms with Crippen LogP contribution >= 0.6 is 0 Å². The molecule has 6 atom stereocenters. The van der Waals surface area contributed by atoms with Gasteiger partial charge in [-0.1, -0.05) is 49.1 Å². The van der Waals surface area contributed by atoms with E-state index in [9.17, 15) is 19.5 Å². The number of hydrogen-bond donors (Lipinski definition) is 1. The molecule has 0 aromatic heterocycles. The summed E-state index contributed by atoms with van der Waals surface area (Å²) in [7, 11) is 0. The van der Waals surface area contributed by atoms with E-state index in [0.29, 0.717) is 18.5 Å². The van der Waals surface area contributed by atoms with E-state index in [-0.39, 0.29) is 31.6 Å². The van der Waals surface area contributed by atoms with E-state index in [4.69, 9.17) is 9.47 Å². The van der Waals surface area contributed by atoms with Crippen molar-refractivity contribution in [3.63, 3.8) is 0 Å². The molecule has 8 heteroatoms. The molecular formula is C29H32N2O6. The molecular weight excluding hydrogens is 472 g/mol. The molecule has 0 radical (unpaired) electrons. The molecule has 1 spiro atoms. The quantitative estimate of drug-likeness (QED) is 0.417. The van der Waals surface area contributed by atoms with Gasteiger partial charge in [-0.25, -0.2) is 0 Å². The largest absolute Gasteiger partial charge is 0.461 e. The summed E-state index contributed by atoms with van der Waals surface area (Å²) in [5.74, 6) is -2.87. The molecule has 2 bridgehead atoms. The van der Waals surface area contributed by atoms with Gasteiger partial charge >= 0.3 is 5.97 Å². The Morgan fingerprint density at radius 1 is 1.24 bits per heavy atom. The number of fused-ring (bicyclic) bond motifs is 2. The number of aliphatic hydroxyl groups excluding tert-OH is 1. The standard InChI is InChI=1S/C29H32N2O6/c1-4-14-30(21-11-10-19-8-6-7-9-20(19)16-21)27(34)25-29-13-12-22(37-29)23(28(35)36-15-5-2)24(29)26(33)31(25)18(3)17-32/h4-11,16,18,22-25,32H,1-2,12-15,17H2,3H3/t18-,22+,23-,24+,25?,29?/m1/s1. The zero-order chi connectivity index (χ0) is 26.3. The van der Waals surface area contributed by atoms with Gasteiger partial charge < -0.3 is 24.4 Å². The summed E-state index contributed by atoms with van der Waals surface area (Å²) >= 11 is 0. The third kappa shape index (κ3) is 3.86. The zero-order valence-corrected chi connectivity index (χ0v) is 20.9. The van der Waals surface area contributed by atoms with Crippen LogP contribution in [0.3, 0.4) is 0 Å². The van der Waals surface area contributed by atoms with E-state index >= 15 is 0 Å². The molecule has 2 aromatic rings. The number of anilines is 1. The number of nitrogens with zero attached hydrogens (tertiary/aromatic N) is 2. The summed E-state index contributed by atoms with van der Waals surface area (Å²) in [5.41, 5.74) is -0.502. The average molecular weight is 505 g/mol. The Kier molecular flexibility index (Phi) is 6.64. The minimum atomic E-state index is -1.17. The van der Waals surface area contributed by atoms with Crippen molar-refractivity contribution in [2.75, 3.05) is 24.7 Å². The number of ether oxygens (including phenoxy) is 2. The maximum Gasteiger partial charge on any atom is 0.312 e. The van der Waals surface area contributed by atoms with Gasteiger partial charge in [0.05, 0.1) is 30.6 Å². The van der Waals surface area contributed by atoms with Gasteiger partial charge in [0.2, 0.25) is 5.91 Å². The Bertz CT molecular complexity index is 1260. The van der Waals surface area contributed by atoms with Crippen LogP contribution in [0.4, 0.5) is 5.69 Å². The van der Waals surface area contributed by atoms with Gasteiger partial charge in [0.15, 0.2) is 0 Å². The number of amides is 2. The minimum Gasteiger partial charge on any atom is -0.461 e. The molecule has 8 nitrogen and oxygen atoms in total. The second-order valence-corrected chi connectivity index (χ2v) is 10.0. The lowest BCUT2D eigenvalue weighted by molar-refractivity contribution is -0.154. The number of rotatable bonds is 9. The van der Waals surface area contributed by atoms with Crippen LogP contribution < -0.4 is 4.90 Å². The second-order valence-electron chi connectivity index (χ2n) is 10.0. The maximum absolute atomic E-state index is 14.4. The fourth-order valence-electron chi connectivity index (χ4n) is 6.38. The first-order chi connectivity index (χ1) is 17.9. The SMILES string of the molecule is C=CCOC(=O)[C@@H]1[C@@H]2CCC3(O2)C(C(=O)N(CC=C)c2ccc4ccccc4c2)N([C@H](C)CO)C(=O)[C@H]13. The van der Waals surface area contributed by atoms with Crippen LogP contribution in [0.15, 0.2) is 67.8 Å². The van der Waals surface area contributed by atoms with Crippen LogP contribution in [0.1, 0.15) is 19.8 Å². The van der Waals surface area contributed by atoms with Gasteiger partial charge in [0.25, 0.3) is 5.91 Å². The molecule has 3 aliphatic rings. The Hall–Kier alpha value is -3.49. The highest BCUT2D eigenvalue weighted by Crippen LogP contribution is 2.59. The van der Waals surface area contributed by atoms with E-state index in [1.807, 2.05) is 42.5 Å². The summed E-state index contributed by atoms with van der Waals surface area (Å²) in [6.45, 7) is 9.05. The minimum absolute atomic E-state index is 0.0319. The molecule has 3 saturated heterocycles. The first-order valence-corrected chi connectivity index (χ1v) is 12.7. The van der Waals surface area contributed by atoms with Crippen molar-refractivity contribution in [3.05, 3.63) is 67.8 Å². The Balaban J connectivity index is 1.57. The van der Waals surface area contributed by atoms with Crippen molar-refractivity contribution < 1.29 is 29.0 Å². The van der Waals surface area contributed by atoms with Gasteiger partial charge in [0.1, 0.15) is 18.2 Å². The van der Waals surface area contributed by atoms with E-state index in [2.05, 4.69) is 13.2 Å². The van der Waals surface area contributed by atoms with E-state index in [1.165, 1.54) is 11.0 Å². The Morgan fingerprint density at radius 3 is 2.70 bits per heavy atom. The normalized spacial score (nSPS) is 28.7. The highest BCUT2D eigenvalue weighted by molar-refractivity contribution is 6.05. The summed E-state index contributed by atoms with van der Waals surface area (Å²) < 4.78 is 11.7. The molecule has 1 N–H and O–H groups in total. The van der Waals surface area contributed by atoms with Crippen LogP contribution in [-0.4, -0.2) is 71.3 Å². The topological polar surface area (TPSA) is 96.4 Å². The first kappa shape index (κ1) is 25.2. The molecule has 3 aliphatic heterocycles. The zero-order valence-electron chi connectivity index (χ0n) is 20.9. The van der Waals surface area contributed by atoms with Crippen molar-refractivity contribution >= 4 is 34.2 Å². The Morgan fingerprint density at radius 2 is 2.00 bits per heavy atom. The van der Waals surface area contributed by atoms with Crippen LogP contribution in [0.2, 0.25) is 0 Å². The lowest BCUT2D eigenvalue weighted by Gasteiger charge is -2.38. The third-order valence-electron chi connectivity index (χ3n) is 7.95. The fourth-order valence-corrected chi connectivity index (χ4v) is 6.38. The summed E-state index contributed by atoms with van der Waals surface area (Å²) in [4.78, 5) is 44.3. The number of benzene rings is 2. The number of hydrogen-bond acceptors (Lipinski definition) is 6. The van der Waals surface area contributed by atoms with E-state index in [1.54, 1.807) is 17.9 Å². The first-order valence-electron chi connectivity index (χ1n) is 12.7. The van der Waals surface area contributed by atoms with E-state index < -0.39 is 41.6 Å². The maximum atomic E-state index is 14.4. The van der Waals surface area contributed by atoms with Gasteiger partial charge in [-0.3, -0.25) is 14.4 Å². The lowest BCUT2D eigenvalue weighted by Crippen LogP contribution is -2.58. The van der Waals surface area contributed by atoms with Crippen LogP contribution in [0.5, 0.6) is 0 Å². The number of esters is 1. The van der Waals surface area contributed by atoms with Crippen molar-refractivity contribution in [2.24, 2.45) is 11.8 Å². The summed E-state index contributed by atoms with van der Waals surface area (Å²) in [5, 5.41) is 12.1. The smallest absolute Gasteiger partial charge is 0.312 e. The molecule has 5 rings (SSSR count). The predicted octanol–water partition coefficient (Wildman–Crippen LogP) is 2.84. The number of likely N-dealkylation sites (tertiary alicyclic amines) is 1. The van der Waals surface area contributed by atoms with Crippen LogP contribution in [0, 0.1) is 11.8 Å². The van der Waals surface area contributed by atoms with E-state index in [0.717, 1.165) is 10.8 Å². The van der Waals surface area contributed by atoms with Crippen molar-refractivity contribution in [1.82, 2.24) is 4.90 Å². The third-order valence-corrected chi connectivity index (χ3v) is 7.95. The van der Waals surface area contributed by atoms with Gasteiger partial charge in [-0.2, -0.15) is 0 Å². The van der Waals surface area contributed by atoms with Gasteiger partial charge in [0, 0.05) is 12.2 Å². The van der Waals surface area contributed by atoms with Gasteiger partial charge in [-0.15, -0.1) is 6.58 Å². The monoisotopic (exact) mass is 504 g/mol. The van der Waals surface area contributed by atoms with Crippen molar-refractivity contribution in [3.8, 4) is 0 Å². The molecule has 2 unspecified atom stereocenters. The average Bonchev–Trinajstić information content (AvgIpc) is 3.56. The molecule has 0 aliphatic carbocycles. The molecule has 3 fully saturated rings. The number of carbonyl (C=O) groups excluding carboxylic acids is 3.